The average Bonchev–Trinajstić information content (AvgIpc) is 2.86. The van der Waals surface area contributed by atoms with Crippen LogP contribution in [0.25, 0.3) is 0 Å². The molecule has 2 rings (SSSR count). The van der Waals surface area contributed by atoms with E-state index in [1.54, 1.807) is 29.6 Å². The van der Waals surface area contributed by atoms with Crippen LogP contribution >= 0.6 is 22.9 Å². The van der Waals surface area contributed by atoms with Crippen molar-refractivity contribution >= 4 is 33.0 Å². The second-order valence-corrected chi connectivity index (χ2v) is 7.23. The summed E-state index contributed by atoms with van der Waals surface area (Å²) in [5, 5.41) is 11.1. The van der Waals surface area contributed by atoms with Crippen LogP contribution in [-0.4, -0.2) is 13.5 Å². The molecule has 0 aliphatic carbocycles. The van der Waals surface area contributed by atoms with Gasteiger partial charge in [-0.25, -0.2) is 13.1 Å². The summed E-state index contributed by atoms with van der Waals surface area (Å²) in [5.74, 6) is 0. The summed E-state index contributed by atoms with van der Waals surface area (Å²) in [4.78, 5) is 0. The molecule has 19 heavy (non-hydrogen) atoms. The molecule has 102 valence electrons. The second kappa shape index (κ2) is 6.02. The van der Waals surface area contributed by atoms with Crippen molar-refractivity contribution in [3.8, 4) is 0 Å². The van der Waals surface area contributed by atoms with Gasteiger partial charge in [0.05, 0.1) is 6.61 Å². The fourth-order valence-corrected chi connectivity index (χ4v) is 3.95. The van der Waals surface area contributed by atoms with Crippen molar-refractivity contribution in [1.82, 2.24) is 4.72 Å². The van der Waals surface area contributed by atoms with Crippen molar-refractivity contribution in [1.29, 1.82) is 0 Å². The van der Waals surface area contributed by atoms with E-state index in [4.69, 9.17) is 16.7 Å². The smallest absolute Gasteiger partial charge is 0.250 e. The summed E-state index contributed by atoms with van der Waals surface area (Å²) in [7, 11) is -3.55. The molecule has 1 aromatic carbocycles. The summed E-state index contributed by atoms with van der Waals surface area (Å²) in [5.41, 5.74) is 1.38. The molecule has 0 amide bonds. The Morgan fingerprint density at radius 3 is 2.68 bits per heavy atom. The minimum atomic E-state index is -3.55. The lowest BCUT2D eigenvalue weighted by Crippen LogP contribution is -2.22. The lowest BCUT2D eigenvalue weighted by atomic mass is 10.2. The van der Waals surface area contributed by atoms with Gasteiger partial charge in [-0.05, 0) is 34.7 Å². The monoisotopic (exact) mass is 317 g/mol. The number of thiophene rings is 1. The molecule has 2 aromatic rings. The van der Waals surface area contributed by atoms with Crippen molar-refractivity contribution in [2.75, 3.05) is 0 Å². The van der Waals surface area contributed by atoms with Gasteiger partial charge >= 0.3 is 0 Å². The van der Waals surface area contributed by atoms with Crippen LogP contribution in [0.15, 0.2) is 39.9 Å². The third-order valence-electron chi connectivity index (χ3n) is 2.43. The Morgan fingerprint density at radius 1 is 1.26 bits per heavy atom. The van der Waals surface area contributed by atoms with Crippen molar-refractivity contribution in [3.05, 3.63) is 51.9 Å². The zero-order chi connectivity index (χ0) is 13.9. The fraction of sp³-hybridized carbons (Fsp3) is 0.167. The first kappa shape index (κ1) is 14.5. The topological polar surface area (TPSA) is 66.4 Å². The molecule has 0 fully saturated rings. The number of aliphatic hydroxyl groups is 1. The van der Waals surface area contributed by atoms with Crippen LogP contribution in [0.3, 0.4) is 0 Å². The summed E-state index contributed by atoms with van der Waals surface area (Å²) in [6, 6.07) is 8.46. The maximum absolute atomic E-state index is 12.0. The van der Waals surface area contributed by atoms with Crippen LogP contribution in [0.5, 0.6) is 0 Å². The van der Waals surface area contributed by atoms with E-state index >= 15 is 0 Å². The Bertz CT molecular complexity index is 667. The molecular formula is C12H12ClNO3S2. The molecule has 0 unspecified atom stereocenters. The lowest BCUT2D eigenvalue weighted by molar-refractivity contribution is 0.282. The van der Waals surface area contributed by atoms with Gasteiger partial charge in [0.2, 0.25) is 10.0 Å². The largest absolute Gasteiger partial charge is 0.392 e. The van der Waals surface area contributed by atoms with Gasteiger partial charge < -0.3 is 5.11 Å². The second-order valence-electron chi connectivity index (χ2n) is 3.89. The van der Waals surface area contributed by atoms with Crippen LogP contribution in [0.4, 0.5) is 0 Å². The van der Waals surface area contributed by atoms with E-state index < -0.39 is 10.0 Å². The summed E-state index contributed by atoms with van der Waals surface area (Å²) in [6.07, 6.45) is 0. The minimum Gasteiger partial charge on any atom is -0.392 e. The number of halogens is 1. The highest BCUT2D eigenvalue weighted by Crippen LogP contribution is 2.20. The SMILES string of the molecule is O=S(=O)(NCc1cccc(Cl)c1)c1cc(CO)cs1. The number of hydrogen-bond acceptors (Lipinski definition) is 4. The van der Waals surface area contributed by atoms with E-state index in [2.05, 4.69) is 4.72 Å². The predicted octanol–water partition coefficient (Wildman–Crippen LogP) is 2.37. The summed E-state index contributed by atoms with van der Waals surface area (Å²) < 4.78 is 26.7. The standard InChI is InChI=1S/C12H12ClNO3S2/c13-11-3-1-2-9(4-11)6-14-19(16,17)12-5-10(7-15)8-18-12/h1-5,8,14-15H,6-7H2. The maximum atomic E-state index is 12.0. The van der Waals surface area contributed by atoms with Gasteiger partial charge in [0.1, 0.15) is 4.21 Å². The van der Waals surface area contributed by atoms with E-state index in [1.165, 1.54) is 6.07 Å². The van der Waals surface area contributed by atoms with Crippen molar-refractivity contribution in [2.45, 2.75) is 17.4 Å². The normalized spacial score (nSPS) is 11.7. The van der Waals surface area contributed by atoms with E-state index in [9.17, 15) is 8.42 Å². The summed E-state index contributed by atoms with van der Waals surface area (Å²) in [6.45, 7) is 0.00949. The van der Waals surface area contributed by atoms with Crippen LogP contribution < -0.4 is 4.72 Å². The van der Waals surface area contributed by atoms with Crippen molar-refractivity contribution in [3.63, 3.8) is 0 Å². The number of nitrogens with one attached hydrogen (secondary N) is 1. The molecule has 0 saturated heterocycles. The highest BCUT2D eigenvalue weighted by molar-refractivity contribution is 7.91. The Kier molecular flexibility index (Phi) is 4.59. The molecule has 0 radical (unpaired) electrons. The first-order valence-electron chi connectivity index (χ1n) is 5.43. The average molecular weight is 318 g/mol. The highest BCUT2D eigenvalue weighted by Gasteiger charge is 2.16. The first-order valence-corrected chi connectivity index (χ1v) is 8.18. The van der Waals surface area contributed by atoms with Crippen molar-refractivity contribution < 1.29 is 13.5 Å². The maximum Gasteiger partial charge on any atom is 0.250 e. The highest BCUT2D eigenvalue weighted by atomic mass is 35.5. The van der Waals surface area contributed by atoms with Gasteiger partial charge in [-0.2, -0.15) is 0 Å². The number of sulfonamides is 1. The molecule has 0 bridgehead atoms. The van der Waals surface area contributed by atoms with Crippen LogP contribution in [-0.2, 0) is 23.2 Å². The summed E-state index contributed by atoms with van der Waals surface area (Å²) >= 11 is 6.91. The van der Waals surface area contributed by atoms with Crippen LogP contribution in [0.1, 0.15) is 11.1 Å². The number of aliphatic hydroxyl groups excluding tert-OH is 1. The first-order chi connectivity index (χ1) is 9.01. The van der Waals surface area contributed by atoms with Gasteiger partial charge in [0.25, 0.3) is 0 Å². The molecule has 2 N–H and O–H groups in total. The third-order valence-corrected chi connectivity index (χ3v) is 5.56. The van der Waals surface area contributed by atoms with Crippen molar-refractivity contribution in [2.24, 2.45) is 0 Å². The van der Waals surface area contributed by atoms with Gasteiger partial charge in [0, 0.05) is 11.6 Å². The van der Waals surface area contributed by atoms with Crippen LogP contribution in [0.2, 0.25) is 5.02 Å². The van der Waals surface area contributed by atoms with E-state index in [1.807, 2.05) is 0 Å². The Labute approximate surface area is 120 Å². The Balaban J connectivity index is 2.09. The van der Waals surface area contributed by atoms with Crippen LogP contribution in [0, 0.1) is 0 Å². The molecule has 0 spiro atoms. The number of benzene rings is 1. The number of rotatable bonds is 5. The fourth-order valence-electron chi connectivity index (χ4n) is 1.47. The van der Waals surface area contributed by atoms with Gasteiger partial charge in [-0.15, -0.1) is 11.3 Å². The third kappa shape index (κ3) is 3.77. The van der Waals surface area contributed by atoms with Gasteiger partial charge in [-0.1, -0.05) is 23.7 Å². The molecule has 7 heteroatoms. The molecule has 0 aliphatic heterocycles. The lowest BCUT2D eigenvalue weighted by Gasteiger charge is -2.05. The molecule has 0 saturated carbocycles. The Morgan fingerprint density at radius 2 is 2.05 bits per heavy atom. The molecule has 1 heterocycles. The Hall–Kier alpha value is -0.920. The molecule has 0 aliphatic rings. The van der Waals surface area contributed by atoms with Gasteiger partial charge in [-0.3, -0.25) is 0 Å². The molecule has 4 nitrogen and oxygen atoms in total. The zero-order valence-electron chi connectivity index (χ0n) is 9.84. The minimum absolute atomic E-state index is 0.166. The van der Waals surface area contributed by atoms with Gasteiger partial charge in [0.15, 0.2) is 0 Å². The molecule has 1 aromatic heterocycles. The van der Waals surface area contributed by atoms with E-state index in [-0.39, 0.29) is 17.4 Å². The quantitative estimate of drug-likeness (QED) is 0.889. The molecular weight excluding hydrogens is 306 g/mol. The van der Waals surface area contributed by atoms with E-state index in [0.29, 0.717) is 10.6 Å². The molecule has 0 atom stereocenters. The predicted molar refractivity (Wildman–Crippen MR) is 75.7 cm³/mol. The van der Waals surface area contributed by atoms with E-state index in [0.717, 1.165) is 16.9 Å². The zero-order valence-corrected chi connectivity index (χ0v) is 12.2. The number of hydrogen-bond donors (Lipinski definition) is 2.